The van der Waals surface area contributed by atoms with E-state index in [2.05, 4.69) is 55.2 Å². The Hall–Kier alpha value is -1.89. The third kappa shape index (κ3) is 3.07. The first-order valence-electron chi connectivity index (χ1n) is 6.26. The minimum atomic E-state index is 0.376. The van der Waals surface area contributed by atoms with Gasteiger partial charge in [0.1, 0.15) is 0 Å². The lowest BCUT2D eigenvalue weighted by Crippen LogP contribution is -1.98. The molecule has 1 nitrogen and oxygen atoms in total. The quantitative estimate of drug-likeness (QED) is 0.710. The van der Waals surface area contributed by atoms with Gasteiger partial charge in [0, 0.05) is 11.9 Å². The van der Waals surface area contributed by atoms with E-state index in [0.717, 1.165) is 12.1 Å². The normalized spacial score (nSPS) is 12.1. The van der Waals surface area contributed by atoms with Gasteiger partial charge in [-0.3, -0.25) is 4.98 Å². The topological polar surface area (TPSA) is 12.9 Å². The molecule has 0 aliphatic heterocycles. The number of allylic oxidation sites excluding steroid dienone is 1. The molecule has 1 heterocycles. The fourth-order valence-electron chi connectivity index (χ4n) is 1.97. The van der Waals surface area contributed by atoms with Crippen molar-refractivity contribution < 1.29 is 0 Å². The van der Waals surface area contributed by atoms with E-state index in [1.165, 1.54) is 11.1 Å². The van der Waals surface area contributed by atoms with Crippen LogP contribution in [-0.4, -0.2) is 4.98 Å². The highest BCUT2D eigenvalue weighted by atomic mass is 14.7. The number of hydrogen-bond acceptors (Lipinski definition) is 1. The van der Waals surface area contributed by atoms with Crippen LogP contribution in [0, 0.1) is 6.42 Å². The highest BCUT2D eigenvalue weighted by molar-refractivity contribution is 5.37. The largest absolute Gasteiger partial charge is 0.261 e. The smallest absolute Gasteiger partial charge is 0.0409 e. The van der Waals surface area contributed by atoms with Gasteiger partial charge in [-0.25, -0.2) is 0 Å². The van der Waals surface area contributed by atoms with Crippen molar-refractivity contribution in [1.82, 2.24) is 4.98 Å². The van der Waals surface area contributed by atoms with Crippen LogP contribution < -0.4 is 0 Å². The molecule has 0 saturated heterocycles. The van der Waals surface area contributed by atoms with Crippen molar-refractivity contribution in [3.05, 3.63) is 84.6 Å². The number of benzene rings is 1. The summed E-state index contributed by atoms with van der Waals surface area (Å²) in [5.74, 6) is 0.376. The van der Waals surface area contributed by atoms with Crippen LogP contribution in [0.15, 0.2) is 61.3 Å². The summed E-state index contributed by atoms with van der Waals surface area (Å²) in [5, 5.41) is 0. The summed E-state index contributed by atoms with van der Waals surface area (Å²) >= 11 is 0. The fraction of sp³-hybridized carbons (Fsp3) is 0.176. The molecule has 1 unspecified atom stereocenters. The number of aromatic nitrogens is 1. The Morgan fingerprint density at radius 1 is 1.17 bits per heavy atom. The molecule has 1 atom stereocenters. The Labute approximate surface area is 109 Å². The predicted molar refractivity (Wildman–Crippen MR) is 76.4 cm³/mol. The van der Waals surface area contributed by atoms with Crippen molar-refractivity contribution in [3.8, 4) is 0 Å². The molecule has 1 aromatic carbocycles. The monoisotopic (exact) mass is 236 g/mol. The van der Waals surface area contributed by atoms with Crippen LogP contribution in [-0.2, 0) is 6.42 Å². The number of pyridine rings is 1. The first-order valence-corrected chi connectivity index (χ1v) is 6.26. The lowest BCUT2D eigenvalue weighted by atomic mass is 9.93. The predicted octanol–water partition coefficient (Wildman–Crippen LogP) is 4.17. The van der Waals surface area contributed by atoms with E-state index in [-0.39, 0.29) is 0 Å². The zero-order valence-electron chi connectivity index (χ0n) is 10.7. The Morgan fingerprint density at radius 2 is 1.94 bits per heavy atom. The molecule has 91 valence electrons. The van der Waals surface area contributed by atoms with Gasteiger partial charge in [0.2, 0.25) is 0 Å². The third-order valence-electron chi connectivity index (χ3n) is 3.10. The molecule has 2 rings (SSSR count). The lowest BCUT2D eigenvalue weighted by Gasteiger charge is -2.12. The van der Waals surface area contributed by atoms with Crippen LogP contribution in [0.4, 0.5) is 0 Å². The molecule has 0 aliphatic rings. The second kappa shape index (κ2) is 6.15. The highest BCUT2D eigenvalue weighted by Gasteiger charge is 2.07. The summed E-state index contributed by atoms with van der Waals surface area (Å²) in [6, 6.07) is 14.5. The number of hydrogen-bond donors (Lipinski definition) is 0. The summed E-state index contributed by atoms with van der Waals surface area (Å²) in [6.45, 7) is 6.04. The number of nitrogens with zero attached hydrogens (tertiary/aromatic N) is 1. The van der Waals surface area contributed by atoms with Crippen molar-refractivity contribution in [2.24, 2.45) is 0 Å². The summed E-state index contributed by atoms with van der Waals surface area (Å²) < 4.78 is 0. The van der Waals surface area contributed by atoms with Gasteiger partial charge in [0.05, 0.1) is 0 Å². The van der Waals surface area contributed by atoms with Crippen LogP contribution in [0.3, 0.4) is 0 Å². The van der Waals surface area contributed by atoms with Crippen molar-refractivity contribution in [3.63, 3.8) is 0 Å². The van der Waals surface area contributed by atoms with Crippen LogP contribution in [0.2, 0.25) is 0 Å². The SMILES string of the molecule is C=CC(C)c1ccccc1[CH]Cc1ccccn1. The van der Waals surface area contributed by atoms with E-state index in [1.54, 1.807) is 0 Å². The van der Waals surface area contributed by atoms with Gasteiger partial charge in [0.25, 0.3) is 0 Å². The van der Waals surface area contributed by atoms with Gasteiger partial charge in [-0.15, -0.1) is 6.58 Å². The summed E-state index contributed by atoms with van der Waals surface area (Å²) in [4.78, 5) is 4.34. The molecule has 0 fully saturated rings. The number of rotatable bonds is 5. The second-order valence-corrected chi connectivity index (χ2v) is 4.38. The maximum absolute atomic E-state index is 4.34. The van der Waals surface area contributed by atoms with Crippen molar-refractivity contribution in [2.45, 2.75) is 19.3 Å². The van der Waals surface area contributed by atoms with Gasteiger partial charge >= 0.3 is 0 Å². The molecule has 18 heavy (non-hydrogen) atoms. The molecule has 0 aliphatic carbocycles. The van der Waals surface area contributed by atoms with Crippen molar-refractivity contribution in [2.75, 3.05) is 0 Å². The highest BCUT2D eigenvalue weighted by Crippen LogP contribution is 2.22. The Bertz CT molecular complexity index is 502. The van der Waals surface area contributed by atoms with Gasteiger partial charge in [-0.05, 0) is 42.0 Å². The molecule has 0 amide bonds. The van der Waals surface area contributed by atoms with E-state index >= 15 is 0 Å². The maximum Gasteiger partial charge on any atom is 0.0409 e. The standard InChI is InChI=1S/C17H18N/c1-3-14(2)17-10-5-4-8-15(17)11-12-16-9-6-7-13-18-16/h3-11,13-14H,1,12H2,2H3. The molecule has 1 aromatic heterocycles. The van der Waals surface area contributed by atoms with Gasteiger partial charge < -0.3 is 0 Å². The second-order valence-electron chi connectivity index (χ2n) is 4.38. The molecular weight excluding hydrogens is 218 g/mol. The summed E-state index contributed by atoms with van der Waals surface area (Å²) in [5.41, 5.74) is 3.69. The van der Waals surface area contributed by atoms with Gasteiger partial charge in [-0.1, -0.05) is 43.3 Å². The zero-order chi connectivity index (χ0) is 12.8. The van der Waals surface area contributed by atoms with Crippen molar-refractivity contribution in [1.29, 1.82) is 0 Å². The van der Waals surface area contributed by atoms with E-state index in [1.807, 2.05) is 24.4 Å². The molecule has 1 radical (unpaired) electrons. The summed E-state index contributed by atoms with van der Waals surface area (Å²) in [6.07, 6.45) is 6.91. The summed E-state index contributed by atoms with van der Waals surface area (Å²) in [7, 11) is 0. The molecule has 0 spiro atoms. The Balaban J connectivity index is 2.12. The molecule has 1 heteroatoms. The molecular formula is C17H18N. The van der Waals surface area contributed by atoms with E-state index in [0.29, 0.717) is 5.92 Å². The van der Waals surface area contributed by atoms with E-state index in [4.69, 9.17) is 0 Å². The molecule has 0 bridgehead atoms. The van der Waals surface area contributed by atoms with E-state index < -0.39 is 0 Å². The minimum absolute atomic E-state index is 0.376. The fourth-order valence-corrected chi connectivity index (χ4v) is 1.97. The Morgan fingerprint density at radius 3 is 2.67 bits per heavy atom. The zero-order valence-corrected chi connectivity index (χ0v) is 10.7. The Kier molecular flexibility index (Phi) is 4.30. The van der Waals surface area contributed by atoms with Gasteiger partial charge in [0.15, 0.2) is 0 Å². The lowest BCUT2D eigenvalue weighted by molar-refractivity contribution is 0.946. The average molecular weight is 236 g/mol. The third-order valence-corrected chi connectivity index (χ3v) is 3.10. The van der Waals surface area contributed by atoms with Crippen LogP contribution in [0.5, 0.6) is 0 Å². The first kappa shape index (κ1) is 12.6. The minimum Gasteiger partial charge on any atom is -0.261 e. The average Bonchev–Trinajstić information content (AvgIpc) is 2.45. The van der Waals surface area contributed by atoms with Crippen LogP contribution in [0.25, 0.3) is 0 Å². The van der Waals surface area contributed by atoms with Crippen molar-refractivity contribution >= 4 is 0 Å². The molecule has 2 aromatic rings. The van der Waals surface area contributed by atoms with Crippen LogP contribution in [0.1, 0.15) is 29.7 Å². The maximum atomic E-state index is 4.34. The van der Waals surface area contributed by atoms with Crippen LogP contribution >= 0.6 is 0 Å². The van der Waals surface area contributed by atoms with Gasteiger partial charge in [-0.2, -0.15) is 0 Å². The molecule has 0 N–H and O–H groups in total. The van der Waals surface area contributed by atoms with E-state index in [9.17, 15) is 0 Å². The first-order chi connectivity index (χ1) is 8.81. The molecule has 0 saturated carbocycles.